The van der Waals surface area contributed by atoms with Crippen LogP contribution >= 0.6 is 0 Å². The molecule has 0 aromatic carbocycles. The second-order valence-electron chi connectivity index (χ2n) is 4.20. The summed E-state index contributed by atoms with van der Waals surface area (Å²) in [5, 5.41) is 0. The average Bonchev–Trinajstić information content (AvgIpc) is 3.09. The van der Waals surface area contributed by atoms with Crippen molar-refractivity contribution >= 4 is 0 Å². The van der Waals surface area contributed by atoms with Gasteiger partial charge >= 0.3 is 6.18 Å². The van der Waals surface area contributed by atoms with E-state index in [1.54, 1.807) is 0 Å². The first-order valence-corrected chi connectivity index (χ1v) is 5.82. The van der Waals surface area contributed by atoms with E-state index >= 15 is 0 Å². The lowest BCUT2D eigenvalue weighted by atomic mass is 10.2. The Morgan fingerprint density at radius 1 is 0.947 bits per heavy atom. The van der Waals surface area contributed by atoms with Crippen LogP contribution in [0.4, 0.5) is 13.2 Å². The third kappa shape index (κ3) is 2.48. The number of H-pyrrole nitrogens is 1. The lowest BCUT2D eigenvalue weighted by molar-refractivity contribution is -0.141. The van der Waals surface area contributed by atoms with Gasteiger partial charge in [-0.15, -0.1) is 0 Å². The normalized spacial score (nSPS) is 22.5. The lowest BCUT2D eigenvalue weighted by Crippen LogP contribution is -2.07. The number of ether oxygens (including phenoxy) is 4. The molecule has 0 amide bonds. The first-order valence-electron chi connectivity index (χ1n) is 5.82. The first-order chi connectivity index (χ1) is 9.05. The minimum atomic E-state index is -4.47. The van der Waals surface area contributed by atoms with Crippen molar-refractivity contribution in [2.75, 3.05) is 26.4 Å². The fourth-order valence-electron chi connectivity index (χ4n) is 2.09. The van der Waals surface area contributed by atoms with Crippen molar-refractivity contribution in [3.8, 4) is 0 Å². The first kappa shape index (κ1) is 12.9. The van der Waals surface area contributed by atoms with Gasteiger partial charge in [-0.25, -0.2) is 0 Å². The Labute approximate surface area is 106 Å². The van der Waals surface area contributed by atoms with Crippen LogP contribution in [-0.4, -0.2) is 31.4 Å². The van der Waals surface area contributed by atoms with E-state index in [1.165, 1.54) is 0 Å². The maximum atomic E-state index is 12.8. The number of hydrogen-bond acceptors (Lipinski definition) is 4. The molecule has 1 aromatic heterocycles. The van der Waals surface area contributed by atoms with Crippen LogP contribution in [0.3, 0.4) is 0 Å². The molecular weight excluding hydrogens is 267 g/mol. The van der Waals surface area contributed by atoms with Gasteiger partial charge in [0.25, 0.3) is 0 Å². The molecule has 19 heavy (non-hydrogen) atoms. The quantitative estimate of drug-likeness (QED) is 0.901. The van der Waals surface area contributed by atoms with Crippen LogP contribution in [0.2, 0.25) is 0 Å². The lowest BCUT2D eigenvalue weighted by Gasteiger charge is -2.13. The summed E-state index contributed by atoms with van der Waals surface area (Å²) >= 11 is 0. The summed E-state index contributed by atoms with van der Waals surface area (Å²) in [5.41, 5.74) is -0.385. The molecule has 2 aliphatic heterocycles. The van der Waals surface area contributed by atoms with Crippen LogP contribution in [0, 0.1) is 0 Å². The van der Waals surface area contributed by atoms with Crippen LogP contribution in [-0.2, 0) is 25.1 Å². The number of halogens is 3. The Kier molecular flexibility index (Phi) is 3.25. The van der Waals surface area contributed by atoms with E-state index in [4.69, 9.17) is 18.9 Å². The average molecular weight is 279 g/mol. The molecule has 3 rings (SSSR count). The molecule has 0 aliphatic carbocycles. The van der Waals surface area contributed by atoms with Crippen molar-refractivity contribution in [3.63, 3.8) is 0 Å². The molecule has 1 aromatic rings. The summed E-state index contributed by atoms with van der Waals surface area (Å²) in [6, 6.07) is 0.982. The smallest absolute Gasteiger partial charge is 0.350 e. The van der Waals surface area contributed by atoms with Crippen molar-refractivity contribution in [3.05, 3.63) is 23.0 Å². The van der Waals surface area contributed by atoms with Crippen LogP contribution in [0.1, 0.15) is 29.5 Å². The molecule has 0 spiro atoms. The van der Waals surface area contributed by atoms with Gasteiger partial charge in [-0.3, -0.25) is 0 Å². The van der Waals surface area contributed by atoms with Crippen LogP contribution < -0.4 is 0 Å². The molecule has 5 nitrogen and oxygen atoms in total. The topological polar surface area (TPSA) is 52.7 Å². The summed E-state index contributed by atoms with van der Waals surface area (Å²) < 4.78 is 59.2. The van der Waals surface area contributed by atoms with Gasteiger partial charge in [0.1, 0.15) is 5.69 Å². The van der Waals surface area contributed by atoms with Crippen molar-refractivity contribution in [1.29, 1.82) is 0 Å². The molecular formula is C11H12F3NO4. The molecule has 1 N–H and O–H groups in total. The molecule has 8 heteroatoms. The molecule has 0 radical (unpaired) electrons. The zero-order valence-electron chi connectivity index (χ0n) is 9.83. The van der Waals surface area contributed by atoms with Crippen molar-refractivity contribution in [2.45, 2.75) is 18.8 Å². The third-order valence-electron chi connectivity index (χ3n) is 2.92. The van der Waals surface area contributed by atoms with Crippen LogP contribution in [0.5, 0.6) is 0 Å². The van der Waals surface area contributed by atoms with E-state index in [0.717, 1.165) is 6.07 Å². The van der Waals surface area contributed by atoms with E-state index < -0.39 is 24.5 Å². The van der Waals surface area contributed by atoms with Gasteiger partial charge in [-0.2, -0.15) is 13.2 Å². The van der Waals surface area contributed by atoms with Crippen LogP contribution in [0.15, 0.2) is 6.07 Å². The fraction of sp³-hybridized carbons (Fsp3) is 0.636. The Bertz CT molecular complexity index is 414. The minimum absolute atomic E-state index is 0.205. The minimum Gasteiger partial charge on any atom is -0.350 e. The fourth-order valence-corrected chi connectivity index (χ4v) is 2.09. The molecule has 2 aliphatic rings. The Morgan fingerprint density at radius 3 is 2.00 bits per heavy atom. The Hall–Kier alpha value is -1.09. The predicted molar refractivity (Wildman–Crippen MR) is 55.1 cm³/mol. The molecule has 3 heterocycles. The molecule has 0 saturated carbocycles. The summed E-state index contributed by atoms with van der Waals surface area (Å²) in [4.78, 5) is 2.31. The molecule has 2 fully saturated rings. The summed E-state index contributed by atoms with van der Waals surface area (Å²) in [5.74, 6) is 0. The number of alkyl halides is 3. The number of aromatic amines is 1. The summed E-state index contributed by atoms with van der Waals surface area (Å²) in [7, 11) is 0. The highest BCUT2D eigenvalue weighted by Crippen LogP contribution is 2.38. The molecule has 2 saturated heterocycles. The highest BCUT2D eigenvalue weighted by atomic mass is 19.4. The molecule has 106 valence electrons. The molecule has 0 bridgehead atoms. The van der Waals surface area contributed by atoms with Crippen LogP contribution in [0.25, 0.3) is 0 Å². The van der Waals surface area contributed by atoms with Crippen molar-refractivity contribution in [2.24, 2.45) is 0 Å². The summed E-state index contributed by atoms with van der Waals surface area (Å²) in [6.45, 7) is 1.39. The van der Waals surface area contributed by atoms with Crippen molar-refractivity contribution in [1.82, 2.24) is 4.98 Å². The highest BCUT2D eigenvalue weighted by Gasteiger charge is 2.38. The largest absolute Gasteiger partial charge is 0.431 e. The zero-order valence-corrected chi connectivity index (χ0v) is 9.83. The van der Waals surface area contributed by atoms with E-state index in [1.807, 2.05) is 0 Å². The van der Waals surface area contributed by atoms with E-state index in [9.17, 15) is 13.2 Å². The predicted octanol–water partition coefficient (Wildman–Crippen LogP) is 2.12. The number of hydrogen-bond donors (Lipinski definition) is 1. The van der Waals surface area contributed by atoms with Gasteiger partial charge in [0.05, 0.1) is 32.1 Å². The second kappa shape index (κ2) is 4.78. The van der Waals surface area contributed by atoms with E-state index in [0.29, 0.717) is 26.4 Å². The monoisotopic (exact) mass is 279 g/mol. The second-order valence-corrected chi connectivity index (χ2v) is 4.20. The van der Waals surface area contributed by atoms with Gasteiger partial charge in [0.2, 0.25) is 0 Å². The standard InChI is InChI=1S/C11H12F3NO4/c12-11(13,14)7-5-6(9-16-1-2-17-9)8(15-7)10-18-3-4-19-10/h5,9-10,15H,1-4H2. The SMILES string of the molecule is FC(F)(F)c1cc(C2OCCO2)c(C2OCCO2)[nH]1. The number of rotatable bonds is 2. The Morgan fingerprint density at radius 2 is 1.47 bits per heavy atom. The maximum absolute atomic E-state index is 12.8. The highest BCUT2D eigenvalue weighted by molar-refractivity contribution is 5.30. The van der Waals surface area contributed by atoms with Gasteiger partial charge in [0.15, 0.2) is 12.6 Å². The van der Waals surface area contributed by atoms with E-state index in [-0.39, 0.29) is 11.3 Å². The number of nitrogens with one attached hydrogen (secondary N) is 1. The number of aromatic nitrogens is 1. The van der Waals surface area contributed by atoms with Gasteiger partial charge in [-0.05, 0) is 6.07 Å². The van der Waals surface area contributed by atoms with Crippen molar-refractivity contribution < 1.29 is 32.1 Å². The van der Waals surface area contributed by atoms with Gasteiger partial charge < -0.3 is 23.9 Å². The molecule has 0 atom stereocenters. The maximum Gasteiger partial charge on any atom is 0.431 e. The van der Waals surface area contributed by atoms with Gasteiger partial charge in [0, 0.05) is 5.56 Å². The summed E-state index contributed by atoms with van der Waals surface area (Å²) in [6.07, 6.45) is -6.11. The zero-order chi connectivity index (χ0) is 13.5. The van der Waals surface area contributed by atoms with E-state index in [2.05, 4.69) is 4.98 Å². The third-order valence-corrected chi connectivity index (χ3v) is 2.92. The van der Waals surface area contributed by atoms with Gasteiger partial charge in [-0.1, -0.05) is 0 Å². The Balaban J connectivity index is 1.96. The molecule has 0 unspecified atom stereocenters.